The Bertz CT molecular complexity index is 3250. The van der Waals surface area contributed by atoms with E-state index in [1.54, 1.807) is 0 Å². The summed E-state index contributed by atoms with van der Waals surface area (Å²) in [6.07, 6.45) is 0. The fourth-order valence-electron chi connectivity index (χ4n) is 9.39. The van der Waals surface area contributed by atoms with E-state index in [0.29, 0.717) is 0 Å². The lowest BCUT2D eigenvalue weighted by atomic mass is 9.80. The maximum atomic E-state index is 5.30. The molecule has 0 bridgehead atoms. The molecule has 61 heavy (non-hydrogen) atoms. The average molecular weight is 778 g/mol. The number of fused-ring (bicyclic) bond motifs is 4. The summed E-state index contributed by atoms with van der Waals surface area (Å²) in [5, 5.41) is 2.49. The van der Waals surface area contributed by atoms with E-state index in [-0.39, 0.29) is 5.41 Å². The molecular weight excluding hydrogens is 735 g/mol. The second-order valence-electron chi connectivity index (χ2n) is 16.8. The third-order valence-corrected chi connectivity index (χ3v) is 12.7. The van der Waals surface area contributed by atoms with E-state index in [2.05, 4.69) is 238 Å². The lowest BCUT2D eigenvalue weighted by molar-refractivity contribution is 0.660. The second-order valence-corrected chi connectivity index (χ2v) is 16.8. The quantitative estimate of drug-likeness (QED) is 0.157. The summed E-state index contributed by atoms with van der Waals surface area (Å²) in [7, 11) is 0. The van der Waals surface area contributed by atoms with E-state index in [1.807, 2.05) is 0 Å². The van der Waals surface area contributed by atoms with Crippen molar-refractivity contribution >= 4 is 10.8 Å². The number of hydrogen-bond acceptors (Lipinski definition) is 1. The highest BCUT2D eigenvalue weighted by Gasteiger charge is 2.36. The minimum atomic E-state index is -0.112. The minimum absolute atomic E-state index is 0.112. The Morgan fingerprint density at radius 3 is 1.49 bits per heavy atom. The summed E-state index contributed by atoms with van der Waals surface area (Å²) in [4.78, 5) is 5.30. The van der Waals surface area contributed by atoms with Gasteiger partial charge in [-0.05, 0) is 131 Å². The van der Waals surface area contributed by atoms with Crippen molar-refractivity contribution in [3.05, 3.63) is 236 Å². The zero-order valence-corrected chi connectivity index (χ0v) is 34.3. The highest BCUT2D eigenvalue weighted by Crippen LogP contribution is 2.52. The predicted molar refractivity (Wildman–Crippen MR) is 257 cm³/mol. The normalized spacial score (nSPS) is 12.6. The summed E-state index contributed by atoms with van der Waals surface area (Å²) in [6, 6.07) is 81.7. The Morgan fingerprint density at radius 2 is 0.754 bits per heavy atom. The number of benzene rings is 9. The van der Waals surface area contributed by atoms with Crippen LogP contribution in [-0.2, 0) is 5.41 Å². The van der Waals surface area contributed by atoms with Crippen LogP contribution in [0.1, 0.15) is 25.0 Å². The number of aromatic nitrogens is 1. The molecule has 10 aromatic rings. The first-order valence-electron chi connectivity index (χ1n) is 21.2. The Morgan fingerprint density at radius 1 is 0.262 bits per heavy atom. The molecule has 9 aromatic carbocycles. The smallest absolute Gasteiger partial charge is 0.0715 e. The molecule has 0 aliphatic heterocycles. The number of hydrogen-bond donors (Lipinski definition) is 0. The molecule has 0 atom stereocenters. The van der Waals surface area contributed by atoms with Crippen LogP contribution in [0.5, 0.6) is 0 Å². The molecule has 1 aromatic heterocycles. The minimum Gasteiger partial charge on any atom is -0.248 e. The van der Waals surface area contributed by atoms with Crippen molar-refractivity contribution in [3.63, 3.8) is 0 Å². The SMILES string of the molecule is CC1(C)c2ccccc2-c2cc(-c3ccc4ccccc4c3)c(-c3cccc(-c4cccc(-c5cc(-c6ccc(-c7ccccc7)cc6)cc(-c6ccccc6)n5)c4)c3)cc21. The van der Waals surface area contributed by atoms with Crippen molar-refractivity contribution in [2.45, 2.75) is 19.3 Å². The Labute approximate surface area is 358 Å². The monoisotopic (exact) mass is 777 g/mol. The first-order chi connectivity index (χ1) is 30.0. The first-order valence-corrected chi connectivity index (χ1v) is 21.2. The Kier molecular flexibility index (Phi) is 8.90. The topological polar surface area (TPSA) is 12.9 Å². The fourth-order valence-corrected chi connectivity index (χ4v) is 9.39. The molecule has 0 unspecified atom stereocenters. The van der Waals surface area contributed by atoms with E-state index < -0.39 is 0 Å². The average Bonchev–Trinajstić information content (AvgIpc) is 3.56. The van der Waals surface area contributed by atoms with Crippen molar-refractivity contribution in [3.8, 4) is 89.3 Å². The number of nitrogens with zero attached hydrogens (tertiary/aromatic N) is 1. The summed E-state index contributed by atoms with van der Waals surface area (Å²) in [5.41, 5.74) is 21.3. The third kappa shape index (κ3) is 6.65. The molecule has 0 amide bonds. The summed E-state index contributed by atoms with van der Waals surface area (Å²) < 4.78 is 0. The summed E-state index contributed by atoms with van der Waals surface area (Å²) in [6.45, 7) is 4.73. The van der Waals surface area contributed by atoms with Gasteiger partial charge in [0, 0.05) is 16.5 Å². The van der Waals surface area contributed by atoms with Gasteiger partial charge in [-0.25, -0.2) is 4.98 Å². The lowest BCUT2D eigenvalue weighted by Crippen LogP contribution is -2.15. The molecule has 0 saturated heterocycles. The van der Waals surface area contributed by atoms with Crippen LogP contribution >= 0.6 is 0 Å². The standard InChI is InChI=1S/C60H43N/c1-60(2)56-26-12-11-25-52(56)55-38-53(49-32-31-41-17-9-10-20-45(41)33-49)54(39-57(55)60)48-23-13-21-46(34-48)47-22-14-24-50(35-47)59-37-51(36-58(61-59)44-18-7-4-8-19-44)43-29-27-42(28-30-43)40-15-5-3-6-16-40/h3-39H,1-2H3. The van der Waals surface area contributed by atoms with Gasteiger partial charge in [0.05, 0.1) is 11.4 Å². The van der Waals surface area contributed by atoms with Crippen LogP contribution in [0.15, 0.2) is 224 Å². The lowest BCUT2D eigenvalue weighted by Gasteiger charge is -2.23. The van der Waals surface area contributed by atoms with Gasteiger partial charge in [0.25, 0.3) is 0 Å². The van der Waals surface area contributed by atoms with Gasteiger partial charge in [-0.2, -0.15) is 0 Å². The van der Waals surface area contributed by atoms with Gasteiger partial charge in [0.1, 0.15) is 0 Å². The molecule has 0 spiro atoms. The van der Waals surface area contributed by atoms with Gasteiger partial charge in [-0.1, -0.05) is 196 Å². The molecular formula is C60H43N. The van der Waals surface area contributed by atoms with Crippen LogP contribution in [0.4, 0.5) is 0 Å². The maximum absolute atomic E-state index is 5.30. The van der Waals surface area contributed by atoms with E-state index in [0.717, 1.165) is 39.2 Å². The Balaban J connectivity index is 1.02. The molecule has 0 radical (unpaired) electrons. The van der Waals surface area contributed by atoms with Gasteiger partial charge in [0.15, 0.2) is 0 Å². The zero-order valence-electron chi connectivity index (χ0n) is 34.3. The largest absolute Gasteiger partial charge is 0.248 e. The molecule has 0 saturated carbocycles. The van der Waals surface area contributed by atoms with Crippen molar-refractivity contribution < 1.29 is 0 Å². The Hall–Kier alpha value is -7.61. The van der Waals surface area contributed by atoms with Crippen molar-refractivity contribution in [1.82, 2.24) is 4.98 Å². The molecule has 1 heteroatoms. The molecule has 1 aliphatic carbocycles. The first kappa shape index (κ1) is 36.5. The molecule has 0 N–H and O–H groups in total. The fraction of sp³-hybridized carbons (Fsp3) is 0.0500. The van der Waals surface area contributed by atoms with Gasteiger partial charge in [0.2, 0.25) is 0 Å². The van der Waals surface area contributed by atoms with E-state index in [9.17, 15) is 0 Å². The maximum Gasteiger partial charge on any atom is 0.0715 e. The van der Waals surface area contributed by atoms with Gasteiger partial charge in [-0.15, -0.1) is 0 Å². The van der Waals surface area contributed by atoms with Crippen molar-refractivity contribution in [2.75, 3.05) is 0 Å². The van der Waals surface area contributed by atoms with Gasteiger partial charge < -0.3 is 0 Å². The van der Waals surface area contributed by atoms with Crippen molar-refractivity contribution in [2.24, 2.45) is 0 Å². The molecule has 1 nitrogen and oxygen atoms in total. The number of rotatable bonds is 7. The van der Waals surface area contributed by atoms with Crippen LogP contribution in [0.25, 0.3) is 100 Å². The third-order valence-electron chi connectivity index (χ3n) is 12.7. The molecule has 1 aliphatic rings. The highest BCUT2D eigenvalue weighted by molar-refractivity contribution is 5.96. The van der Waals surface area contributed by atoms with Gasteiger partial charge >= 0.3 is 0 Å². The molecule has 1 heterocycles. The predicted octanol–water partition coefficient (Wildman–Crippen LogP) is 16.2. The van der Waals surface area contributed by atoms with Crippen LogP contribution in [0.3, 0.4) is 0 Å². The van der Waals surface area contributed by atoms with Crippen LogP contribution in [-0.4, -0.2) is 4.98 Å². The zero-order chi connectivity index (χ0) is 40.9. The highest BCUT2D eigenvalue weighted by atomic mass is 14.7. The molecule has 288 valence electrons. The van der Waals surface area contributed by atoms with E-state index in [1.165, 1.54) is 72.0 Å². The van der Waals surface area contributed by atoms with E-state index >= 15 is 0 Å². The van der Waals surface area contributed by atoms with Crippen LogP contribution in [0.2, 0.25) is 0 Å². The summed E-state index contributed by atoms with van der Waals surface area (Å²) >= 11 is 0. The molecule has 0 fully saturated rings. The summed E-state index contributed by atoms with van der Waals surface area (Å²) in [5.74, 6) is 0. The second kappa shape index (κ2) is 14.9. The van der Waals surface area contributed by atoms with Crippen molar-refractivity contribution in [1.29, 1.82) is 0 Å². The molecule has 11 rings (SSSR count). The van der Waals surface area contributed by atoms with Crippen LogP contribution < -0.4 is 0 Å². The van der Waals surface area contributed by atoms with Crippen LogP contribution in [0, 0.1) is 0 Å². The van der Waals surface area contributed by atoms with E-state index in [4.69, 9.17) is 4.98 Å². The van der Waals surface area contributed by atoms with Gasteiger partial charge in [-0.3, -0.25) is 0 Å². The number of pyridine rings is 1.